The molecule has 0 unspecified atom stereocenters. The van der Waals surface area contributed by atoms with Gasteiger partial charge in [0.2, 0.25) is 0 Å². The Morgan fingerprint density at radius 3 is 2.62 bits per heavy atom. The molecule has 178 valence electrons. The number of ether oxygens (including phenoxy) is 3. The summed E-state index contributed by atoms with van der Waals surface area (Å²) in [4.78, 5) is 13.1. The van der Waals surface area contributed by atoms with E-state index < -0.39 is 48.8 Å². The van der Waals surface area contributed by atoms with Gasteiger partial charge in [-0.05, 0) is 31.1 Å². The normalized spacial score (nSPS) is 25.1. The van der Waals surface area contributed by atoms with Gasteiger partial charge in [-0.25, -0.2) is 0 Å². The fraction of sp³-hybridized carbons (Fsp3) is 0.522. The molecule has 5 atom stereocenters. The summed E-state index contributed by atoms with van der Waals surface area (Å²) in [7, 11) is 1.40. The zero-order chi connectivity index (χ0) is 24.0. The molecule has 0 amide bonds. The third-order valence-corrected chi connectivity index (χ3v) is 5.60. The molecule has 6 N–H and O–H groups in total. The van der Waals surface area contributed by atoms with Crippen molar-refractivity contribution >= 4 is 5.78 Å². The highest BCUT2D eigenvalue weighted by Crippen LogP contribution is 2.30. The number of aliphatic hydroxyl groups excluding tert-OH is 4. The third-order valence-electron chi connectivity index (χ3n) is 5.60. The van der Waals surface area contributed by atoms with Crippen LogP contribution in [0, 0.1) is 0 Å². The quantitative estimate of drug-likeness (QED) is 0.154. The smallest absolute Gasteiger partial charge is 0.200 e. The zero-order valence-electron chi connectivity index (χ0n) is 18.7. The van der Waals surface area contributed by atoms with Gasteiger partial charge in [0.1, 0.15) is 11.5 Å². The fourth-order valence-corrected chi connectivity index (χ4v) is 3.65. The molecule has 9 nitrogen and oxygen atoms in total. The Kier molecular flexibility index (Phi) is 9.38. The van der Waals surface area contributed by atoms with Crippen LogP contribution in [-0.2, 0) is 16.1 Å². The van der Waals surface area contributed by atoms with E-state index in [-0.39, 0.29) is 41.9 Å². The fourth-order valence-electron chi connectivity index (χ4n) is 3.65. The summed E-state index contributed by atoms with van der Waals surface area (Å²) in [6, 6.07) is 4.25. The first-order chi connectivity index (χ1) is 15.2. The Hall–Kier alpha value is -2.27. The molecule has 1 fully saturated rings. The number of Topliss-reactive ketones (excluding diaryl/α,β-unsaturated/α-hetero) is 1. The lowest BCUT2D eigenvalue weighted by Crippen LogP contribution is -2.52. The van der Waals surface area contributed by atoms with Crippen molar-refractivity contribution in [2.24, 2.45) is 5.73 Å². The van der Waals surface area contributed by atoms with Gasteiger partial charge in [0.05, 0.1) is 43.2 Å². The van der Waals surface area contributed by atoms with Crippen LogP contribution in [0.4, 0.5) is 0 Å². The molecular formula is C23H33NO8. The minimum atomic E-state index is -0.824. The van der Waals surface area contributed by atoms with Crippen LogP contribution in [0.5, 0.6) is 5.75 Å². The highest BCUT2D eigenvalue weighted by Gasteiger charge is 2.35. The number of carbonyl (C=O) groups is 1. The van der Waals surface area contributed by atoms with E-state index in [0.29, 0.717) is 5.56 Å². The molecule has 0 aromatic heterocycles. The average Bonchev–Trinajstić information content (AvgIpc) is 2.79. The van der Waals surface area contributed by atoms with Crippen molar-refractivity contribution in [2.45, 2.75) is 63.9 Å². The van der Waals surface area contributed by atoms with Crippen molar-refractivity contribution in [2.75, 3.05) is 13.7 Å². The van der Waals surface area contributed by atoms with Crippen LogP contribution < -0.4 is 10.5 Å². The van der Waals surface area contributed by atoms with Crippen molar-refractivity contribution in [3.63, 3.8) is 0 Å². The van der Waals surface area contributed by atoms with Gasteiger partial charge in [-0.2, -0.15) is 0 Å². The first-order valence-electron chi connectivity index (χ1n) is 10.4. The molecule has 32 heavy (non-hydrogen) atoms. The Morgan fingerprint density at radius 1 is 1.38 bits per heavy atom. The SMILES string of the molecule is C=C(C(=O)c1c(CO)cccc1OC)/C(O)=C(\C)[C@H](CCO)O[C@H]1C[C@H](N)[C@H](O)[C@H](C)O1. The van der Waals surface area contributed by atoms with Gasteiger partial charge in [0.25, 0.3) is 0 Å². The molecule has 1 aliphatic rings. The van der Waals surface area contributed by atoms with Crippen LogP contribution in [-0.4, -0.2) is 70.6 Å². The number of carbonyl (C=O) groups excluding carboxylic acids is 1. The second-order valence-electron chi connectivity index (χ2n) is 7.79. The lowest BCUT2D eigenvalue weighted by atomic mass is 9.94. The van der Waals surface area contributed by atoms with Gasteiger partial charge in [-0.3, -0.25) is 4.79 Å². The van der Waals surface area contributed by atoms with Crippen LogP contribution >= 0.6 is 0 Å². The predicted octanol–water partition coefficient (Wildman–Crippen LogP) is 1.35. The Labute approximate surface area is 187 Å². The van der Waals surface area contributed by atoms with E-state index in [2.05, 4.69) is 6.58 Å². The van der Waals surface area contributed by atoms with E-state index in [1.807, 2.05) is 0 Å². The van der Waals surface area contributed by atoms with Gasteiger partial charge < -0.3 is 40.4 Å². The highest BCUT2D eigenvalue weighted by atomic mass is 16.7. The summed E-state index contributed by atoms with van der Waals surface area (Å²) in [6.45, 7) is 6.33. The number of nitrogens with two attached hydrogens (primary N) is 1. The molecule has 0 radical (unpaired) electrons. The molecule has 2 rings (SSSR count). The lowest BCUT2D eigenvalue weighted by molar-refractivity contribution is -0.235. The summed E-state index contributed by atoms with van der Waals surface area (Å²) < 4.78 is 16.8. The van der Waals surface area contributed by atoms with Gasteiger partial charge in [0.15, 0.2) is 12.1 Å². The molecule has 0 aliphatic carbocycles. The van der Waals surface area contributed by atoms with Crippen LogP contribution in [0.25, 0.3) is 0 Å². The van der Waals surface area contributed by atoms with E-state index in [1.54, 1.807) is 32.0 Å². The molecule has 1 saturated heterocycles. The maximum absolute atomic E-state index is 13.1. The topological polar surface area (TPSA) is 152 Å². The molecule has 1 heterocycles. The number of ketones is 1. The Balaban J connectivity index is 2.29. The number of benzene rings is 1. The predicted molar refractivity (Wildman–Crippen MR) is 117 cm³/mol. The molecule has 0 spiro atoms. The largest absolute Gasteiger partial charge is 0.507 e. The minimum Gasteiger partial charge on any atom is -0.507 e. The van der Waals surface area contributed by atoms with Gasteiger partial charge >= 0.3 is 0 Å². The standard InChI is InChI=1S/C23H33NO8/c1-12(17(8-9-25)32-19-10-16(24)23(29)14(3)31-19)21(27)13(2)22(28)20-15(11-26)6-5-7-18(20)30-4/h5-7,14,16-17,19,23,25-27,29H,2,8-11,24H2,1,3-4H3/b21-12-/t14-,16-,17-,19-,23+/m0/s1. The summed E-state index contributed by atoms with van der Waals surface area (Å²) in [5, 5.41) is 39.9. The molecule has 1 aromatic carbocycles. The van der Waals surface area contributed by atoms with Crippen molar-refractivity contribution in [3.8, 4) is 5.75 Å². The van der Waals surface area contributed by atoms with Crippen molar-refractivity contribution in [3.05, 3.63) is 52.8 Å². The van der Waals surface area contributed by atoms with E-state index in [9.17, 15) is 25.2 Å². The summed E-state index contributed by atoms with van der Waals surface area (Å²) in [5.74, 6) is -0.760. The van der Waals surface area contributed by atoms with E-state index in [4.69, 9.17) is 19.9 Å². The van der Waals surface area contributed by atoms with Crippen molar-refractivity contribution in [1.82, 2.24) is 0 Å². The maximum Gasteiger partial charge on any atom is 0.200 e. The highest BCUT2D eigenvalue weighted by molar-refractivity contribution is 6.13. The number of hydrogen-bond donors (Lipinski definition) is 5. The number of methoxy groups -OCH3 is 1. The van der Waals surface area contributed by atoms with E-state index >= 15 is 0 Å². The minimum absolute atomic E-state index is 0.103. The Bertz CT molecular complexity index is 818. The van der Waals surface area contributed by atoms with Crippen molar-refractivity contribution < 1.29 is 39.4 Å². The number of aliphatic hydroxyl groups is 4. The molecule has 9 heteroatoms. The molecule has 0 saturated carbocycles. The zero-order valence-corrected chi connectivity index (χ0v) is 18.7. The summed E-state index contributed by atoms with van der Waals surface area (Å²) >= 11 is 0. The van der Waals surface area contributed by atoms with Gasteiger partial charge in [0, 0.05) is 25.5 Å². The molecular weight excluding hydrogens is 418 g/mol. The number of rotatable bonds is 10. The first kappa shape index (κ1) is 26.0. The first-order valence-corrected chi connectivity index (χ1v) is 10.4. The second-order valence-corrected chi connectivity index (χ2v) is 7.79. The van der Waals surface area contributed by atoms with Crippen LogP contribution in [0.2, 0.25) is 0 Å². The third kappa shape index (κ3) is 5.74. The van der Waals surface area contributed by atoms with E-state index in [0.717, 1.165) is 0 Å². The van der Waals surface area contributed by atoms with Gasteiger partial charge in [-0.1, -0.05) is 18.7 Å². The second kappa shape index (κ2) is 11.6. The van der Waals surface area contributed by atoms with Crippen LogP contribution in [0.15, 0.2) is 41.7 Å². The number of hydrogen-bond acceptors (Lipinski definition) is 9. The monoisotopic (exact) mass is 451 g/mol. The number of allylic oxidation sites excluding steroid dienone is 1. The summed E-state index contributed by atoms with van der Waals surface area (Å²) in [5.41, 5.74) is 6.44. The van der Waals surface area contributed by atoms with E-state index in [1.165, 1.54) is 7.11 Å². The van der Waals surface area contributed by atoms with Crippen molar-refractivity contribution in [1.29, 1.82) is 0 Å². The molecule has 0 bridgehead atoms. The molecule has 1 aromatic rings. The maximum atomic E-state index is 13.1. The average molecular weight is 452 g/mol. The van der Waals surface area contributed by atoms with Crippen LogP contribution in [0.1, 0.15) is 42.6 Å². The van der Waals surface area contributed by atoms with Crippen LogP contribution in [0.3, 0.4) is 0 Å². The molecule has 1 aliphatic heterocycles. The lowest BCUT2D eigenvalue weighted by Gasteiger charge is -2.37. The van der Waals surface area contributed by atoms with Gasteiger partial charge in [-0.15, -0.1) is 0 Å². The Morgan fingerprint density at radius 2 is 2.06 bits per heavy atom. The summed E-state index contributed by atoms with van der Waals surface area (Å²) in [6.07, 6.45) is -2.57.